The summed E-state index contributed by atoms with van der Waals surface area (Å²) in [7, 11) is 0. The molecule has 0 radical (unpaired) electrons. The largest absolute Gasteiger partial charge is 0.481 e. The van der Waals surface area contributed by atoms with Gasteiger partial charge in [-0.25, -0.2) is 4.99 Å². The normalized spacial score (nSPS) is 19.2. The number of non-ortho nitro benzene ring substituents is 1. The summed E-state index contributed by atoms with van der Waals surface area (Å²) in [6.07, 6.45) is 0.818. The van der Waals surface area contributed by atoms with Crippen molar-refractivity contribution in [2.75, 3.05) is 0 Å². The molecule has 6 nitrogen and oxygen atoms in total. The van der Waals surface area contributed by atoms with E-state index in [1.165, 1.54) is 23.5 Å². The van der Waals surface area contributed by atoms with Crippen molar-refractivity contribution in [3.63, 3.8) is 0 Å². The van der Waals surface area contributed by atoms with E-state index in [2.05, 4.69) is 18.8 Å². The first-order valence-corrected chi connectivity index (χ1v) is 9.30. The van der Waals surface area contributed by atoms with Crippen LogP contribution >= 0.6 is 11.3 Å². The maximum Gasteiger partial charge on any atom is 0.313 e. The highest BCUT2D eigenvalue weighted by molar-refractivity contribution is 7.14. The summed E-state index contributed by atoms with van der Waals surface area (Å²) < 4.78 is 0. The number of nitro groups is 1. The van der Waals surface area contributed by atoms with Gasteiger partial charge < -0.3 is 5.11 Å². The Kier molecular flexibility index (Phi) is 4.91. The smallest absolute Gasteiger partial charge is 0.313 e. The Balaban J connectivity index is 2.22. The Morgan fingerprint density at radius 1 is 1.42 bits per heavy atom. The van der Waals surface area contributed by atoms with Crippen LogP contribution in [0.25, 0.3) is 0 Å². The third kappa shape index (κ3) is 3.26. The van der Waals surface area contributed by atoms with E-state index >= 15 is 0 Å². The van der Waals surface area contributed by atoms with Crippen LogP contribution in [0.4, 0.5) is 10.7 Å². The maximum atomic E-state index is 12.0. The van der Waals surface area contributed by atoms with Gasteiger partial charge in [0, 0.05) is 29.3 Å². The van der Waals surface area contributed by atoms with Gasteiger partial charge in [-0.2, -0.15) is 0 Å². The highest BCUT2D eigenvalue weighted by Gasteiger charge is 2.40. The molecule has 26 heavy (non-hydrogen) atoms. The summed E-state index contributed by atoms with van der Waals surface area (Å²) in [5.41, 5.74) is 3.13. The van der Waals surface area contributed by atoms with Gasteiger partial charge in [0.1, 0.15) is 10.9 Å². The molecule has 0 saturated carbocycles. The lowest BCUT2D eigenvalue weighted by molar-refractivity contribution is -0.384. The topological polar surface area (TPSA) is 92.8 Å². The second kappa shape index (κ2) is 6.99. The molecule has 7 heteroatoms. The molecule has 1 aliphatic heterocycles. The number of thiophene rings is 1. The van der Waals surface area contributed by atoms with Crippen LogP contribution in [-0.2, 0) is 11.2 Å². The number of fused-ring (bicyclic) bond motifs is 1. The average molecular weight is 372 g/mol. The summed E-state index contributed by atoms with van der Waals surface area (Å²) in [6, 6.07) is 6.29. The van der Waals surface area contributed by atoms with Crippen LogP contribution in [0.2, 0.25) is 0 Å². The number of hydrogen-bond donors (Lipinski definition) is 1. The van der Waals surface area contributed by atoms with E-state index in [0.717, 1.165) is 22.5 Å². The van der Waals surface area contributed by atoms with Crippen LogP contribution < -0.4 is 0 Å². The van der Waals surface area contributed by atoms with E-state index in [-0.39, 0.29) is 5.69 Å². The Morgan fingerprint density at radius 2 is 2.15 bits per heavy atom. The Bertz CT molecular complexity index is 901. The number of rotatable bonds is 5. The first kappa shape index (κ1) is 18.3. The van der Waals surface area contributed by atoms with E-state index in [1.807, 2.05) is 5.38 Å². The zero-order valence-electron chi connectivity index (χ0n) is 14.8. The van der Waals surface area contributed by atoms with Gasteiger partial charge in [0.05, 0.1) is 4.92 Å². The van der Waals surface area contributed by atoms with Crippen LogP contribution in [0.1, 0.15) is 43.4 Å². The van der Waals surface area contributed by atoms with Gasteiger partial charge in [-0.1, -0.05) is 26.0 Å². The minimum absolute atomic E-state index is 0.0333. The van der Waals surface area contributed by atoms with Crippen molar-refractivity contribution in [3.05, 3.63) is 56.5 Å². The van der Waals surface area contributed by atoms with E-state index < -0.39 is 22.7 Å². The predicted molar refractivity (Wildman–Crippen MR) is 102 cm³/mol. The van der Waals surface area contributed by atoms with Crippen LogP contribution in [0.3, 0.4) is 0 Å². The summed E-state index contributed by atoms with van der Waals surface area (Å²) in [6.45, 7) is 5.94. The maximum absolute atomic E-state index is 12.0. The molecule has 3 rings (SSSR count). The van der Waals surface area contributed by atoms with Crippen LogP contribution in [0.15, 0.2) is 34.6 Å². The van der Waals surface area contributed by atoms with Crippen LogP contribution in [-0.4, -0.2) is 21.7 Å². The average Bonchev–Trinajstić information content (AvgIpc) is 2.95. The molecule has 0 saturated heterocycles. The fraction of sp³-hybridized carbons (Fsp3) is 0.368. The lowest BCUT2D eigenvalue weighted by Gasteiger charge is -2.29. The molecule has 0 fully saturated rings. The summed E-state index contributed by atoms with van der Waals surface area (Å²) in [5, 5.41) is 23.9. The van der Waals surface area contributed by atoms with Crippen molar-refractivity contribution in [2.45, 2.75) is 33.1 Å². The minimum Gasteiger partial charge on any atom is -0.481 e. The molecule has 1 aromatic carbocycles. The number of hydrogen-bond acceptors (Lipinski definition) is 5. The molecule has 2 heterocycles. The molecule has 0 spiro atoms. The van der Waals surface area contributed by atoms with Gasteiger partial charge in [-0.15, -0.1) is 11.3 Å². The molecule has 136 valence electrons. The molecular weight excluding hydrogens is 352 g/mol. The summed E-state index contributed by atoms with van der Waals surface area (Å²) >= 11 is 1.51. The van der Waals surface area contributed by atoms with Crippen molar-refractivity contribution in [3.8, 4) is 0 Å². The van der Waals surface area contributed by atoms with Gasteiger partial charge in [0.2, 0.25) is 0 Å². The van der Waals surface area contributed by atoms with E-state index in [9.17, 15) is 20.0 Å². The van der Waals surface area contributed by atoms with Gasteiger partial charge in [-0.05, 0) is 35.8 Å². The number of carboxylic acid groups (broad SMARTS) is 1. The first-order chi connectivity index (χ1) is 12.3. The standard InChI is InChI=1S/C19H20N2O4S/c1-10(2)7-13-9-26-18-17(13)16(15(19(22)23)11(3)20-18)12-5-4-6-14(8-12)21(24)25/h4-6,8-10,15-16H,7H2,1-3H3,(H,22,23). The molecule has 0 bridgehead atoms. The number of carbonyl (C=O) groups is 1. The molecule has 2 unspecified atom stereocenters. The Labute approximate surface area is 155 Å². The van der Waals surface area contributed by atoms with E-state index in [1.54, 1.807) is 19.1 Å². The number of benzene rings is 1. The van der Waals surface area contributed by atoms with Crippen LogP contribution in [0.5, 0.6) is 0 Å². The third-order valence-corrected chi connectivity index (χ3v) is 5.53. The highest BCUT2D eigenvalue weighted by atomic mass is 32.1. The van der Waals surface area contributed by atoms with Crippen molar-refractivity contribution in [1.82, 2.24) is 0 Å². The van der Waals surface area contributed by atoms with Crippen LogP contribution in [0, 0.1) is 22.0 Å². The molecular formula is C19H20N2O4S. The molecule has 0 amide bonds. The summed E-state index contributed by atoms with van der Waals surface area (Å²) in [5.74, 6) is -1.85. The van der Waals surface area contributed by atoms with Crippen molar-refractivity contribution in [2.24, 2.45) is 16.8 Å². The molecule has 1 aromatic heterocycles. The zero-order chi connectivity index (χ0) is 19.0. The second-order valence-electron chi connectivity index (χ2n) is 6.98. The Morgan fingerprint density at radius 3 is 2.77 bits per heavy atom. The summed E-state index contributed by atoms with van der Waals surface area (Å²) in [4.78, 5) is 27.3. The Hall–Kier alpha value is -2.54. The second-order valence-corrected chi connectivity index (χ2v) is 7.83. The predicted octanol–water partition coefficient (Wildman–Crippen LogP) is 4.79. The van der Waals surface area contributed by atoms with Gasteiger partial charge in [0.25, 0.3) is 5.69 Å². The number of nitrogens with zero attached hydrogens (tertiary/aromatic N) is 2. The number of aliphatic carboxylic acids is 1. The SMILES string of the molecule is CC1=Nc2scc(CC(C)C)c2C(c2cccc([N+](=O)[O-])c2)C1C(=O)O. The molecule has 0 aliphatic carbocycles. The van der Waals surface area contributed by atoms with Gasteiger partial charge in [0.15, 0.2) is 0 Å². The van der Waals surface area contributed by atoms with Crippen molar-refractivity contribution < 1.29 is 14.8 Å². The molecule has 1 N–H and O–H groups in total. The lowest BCUT2D eigenvalue weighted by atomic mass is 9.75. The number of nitro benzene ring substituents is 1. The van der Waals surface area contributed by atoms with Gasteiger partial charge >= 0.3 is 5.97 Å². The molecule has 2 atom stereocenters. The van der Waals surface area contributed by atoms with E-state index in [4.69, 9.17) is 0 Å². The fourth-order valence-corrected chi connectivity index (χ4v) is 4.62. The number of aliphatic imine (C=N–C) groups is 1. The number of carboxylic acids is 1. The minimum atomic E-state index is -0.963. The monoisotopic (exact) mass is 372 g/mol. The van der Waals surface area contributed by atoms with Crippen molar-refractivity contribution >= 4 is 33.7 Å². The quantitative estimate of drug-likeness (QED) is 0.603. The highest BCUT2D eigenvalue weighted by Crippen LogP contribution is 2.48. The van der Waals surface area contributed by atoms with Gasteiger partial charge in [-0.3, -0.25) is 14.9 Å². The zero-order valence-corrected chi connectivity index (χ0v) is 15.6. The van der Waals surface area contributed by atoms with E-state index in [0.29, 0.717) is 17.2 Å². The molecule has 1 aliphatic rings. The lowest BCUT2D eigenvalue weighted by Crippen LogP contribution is -2.31. The molecule has 2 aromatic rings. The van der Waals surface area contributed by atoms with Crippen molar-refractivity contribution in [1.29, 1.82) is 0 Å². The fourth-order valence-electron chi connectivity index (χ4n) is 3.56. The third-order valence-electron chi connectivity index (χ3n) is 4.60. The first-order valence-electron chi connectivity index (χ1n) is 8.42.